The summed E-state index contributed by atoms with van der Waals surface area (Å²) >= 11 is 6.65. The lowest BCUT2D eigenvalue weighted by molar-refractivity contribution is -0.152. The maximum atomic E-state index is 14.8. The van der Waals surface area contributed by atoms with Crippen molar-refractivity contribution in [1.29, 1.82) is 0 Å². The number of anilines is 1. The molecule has 4 heterocycles. The van der Waals surface area contributed by atoms with Crippen LogP contribution in [0, 0.1) is 24.7 Å². The Labute approximate surface area is 257 Å². The van der Waals surface area contributed by atoms with E-state index in [1.807, 2.05) is 94.5 Å². The number of aryl methyl sites for hydroxylation is 1. The highest BCUT2D eigenvalue weighted by atomic mass is 35.5. The van der Waals surface area contributed by atoms with Gasteiger partial charge >= 0.3 is 0 Å². The minimum absolute atomic E-state index is 0.161. The fourth-order valence-corrected chi connectivity index (χ4v) is 7.92. The Morgan fingerprint density at radius 3 is 2.35 bits per heavy atom. The average molecular weight is 604 g/mol. The van der Waals surface area contributed by atoms with Crippen LogP contribution in [-0.2, 0) is 25.7 Å². The monoisotopic (exact) mass is 603 g/mol. The van der Waals surface area contributed by atoms with Gasteiger partial charge < -0.3 is 24.5 Å². The summed E-state index contributed by atoms with van der Waals surface area (Å²) in [5, 5.41) is 11.0. The van der Waals surface area contributed by atoms with Crippen LogP contribution >= 0.6 is 11.6 Å². The molecule has 9 heteroatoms. The summed E-state index contributed by atoms with van der Waals surface area (Å²) in [6.45, 7) is 8.20. The number of hydrogen-bond donors (Lipinski definition) is 1. The van der Waals surface area contributed by atoms with E-state index in [2.05, 4.69) is 0 Å². The molecular weight excluding hydrogens is 566 g/mol. The molecule has 1 unspecified atom stereocenters. The van der Waals surface area contributed by atoms with Gasteiger partial charge in [0.2, 0.25) is 11.8 Å². The van der Waals surface area contributed by atoms with E-state index in [0.717, 1.165) is 11.1 Å². The molecule has 1 spiro atoms. The molecule has 2 fully saturated rings. The minimum atomic E-state index is -1.42. The van der Waals surface area contributed by atoms with Crippen molar-refractivity contribution in [1.82, 2.24) is 9.80 Å². The average Bonchev–Trinajstić information content (AvgIpc) is 3.24. The third kappa shape index (κ3) is 4.53. The lowest BCUT2D eigenvalue weighted by Crippen LogP contribution is -2.59. The third-order valence-corrected chi connectivity index (χ3v) is 9.87. The number of aliphatic hydroxyl groups excluding tert-OH is 1. The first-order valence-electron chi connectivity index (χ1n) is 14.9. The number of benzene rings is 2. The standard InChI is InChI=1S/C34H38ClN3O5/c1-21(2)25(20-39)38-29-32(42)37(28-22(3)11-8-14-24(28)35)18-10-16-34(29)27(31(38)41)26-30(40)36(17-9-15-33(26,4)43-34)19-23-12-6-5-7-13-23/h5-16,21,25-27,29,39H,17-20H2,1-4H3/t25-,26+,27-,29?,33-,34-/m0/s1. The van der Waals surface area contributed by atoms with E-state index < -0.39 is 35.1 Å². The summed E-state index contributed by atoms with van der Waals surface area (Å²) in [6, 6.07) is 13.4. The molecular formula is C34H38ClN3O5. The Hall–Kier alpha value is -3.46. The number of para-hydroxylation sites is 1. The number of amides is 3. The van der Waals surface area contributed by atoms with Gasteiger partial charge in [-0.25, -0.2) is 0 Å². The quantitative estimate of drug-likeness (QED) is 0.502. The highest BCUT2D eigenvalue weighted by Crippen LogP contribution is 2.58. The molecule has 4 aliphatic rings. The van der Waals surface area contributed by atoms with Gasteiger partial charge in [-0.1, -0.05) is 92.2 Å². The molecule has 0 saturated carbocycles. The van der Waals surface area contributed by atoms with Crippen LogP contribution in [0.5, 0.6) is 0 Å². The van der Waals surface area contributed by atoms with Crippen molar-refractivity contribution in [3.05, 3.63) is 89.0 Å². The third-order valence-electron chi connectivity index (χ3n) is 9.57. The first kappa shape index (κ1) is 29.6. The van der Waals surface area contributed by atoms with Gasteiger partial charge in [0.05, 0.1) is 40.8 Å². The molecule has 4 aliphatic heterocycles. The molecule has 0 aliphatic carbocycles. The SMILES string of the molecule is Cc1cccc(Cl)c1N1CC=C[C@]23O[C@@]4(C)C=CCN(Cc5ccccc5)C(=O)[C@H]4[C@H]2C(=O)N([C@@H](CO)C(C)C)C3C1=O. The Morgan fingerprint density at radius 1 is 0.953 bits per heavy atom. The van der Waals surface area contributed by atoms with E-state index in [0.29, 0.717) is 23.8 Å². The molecule has 226 valence electrons. The number of fused-ring (bicyclic) bond motifs is 2. The van der Waals surface area contributed by atoms with E-state index in [1.165, 1.54) is 4.90 Å². The number of carbonyl (C=O) groups is 3. The van der Waals surface area contributed by atoms with Crippen molar-refractivity contribution >= 4 is 35.0 Å². The molecule has 3 amide bonds. The highest BCUT2D eigenvalue weighted by molar-refractivity contribution is 6.34. The van der Waals surface area contributed by atoms with Crippen molar-refractivity contribution < 1.29 is 24.2 Å². The lowest BCUT2D eigenvalue weighted by atomic mass is 9.74. The number of nitrogens with zero attached hydrogens (tertiary/aromatic N) is 3. The van der Waals surface area contributed by atoms with E-state index in [-0.39, 0.29) is 36.8 Å². The molecule has 0 radical (unpaired) electrons. The molecule has 2 saturated heterocycles. The van der Waals surface area contributed by atoms with Gasteiger partial charge in [-0.2, -0.15) is 0 Å². The molecule has 1 N–H and O–H groups in total. The van der Waals surface area contributed by atoms with Gasteiger partial charge in [0, 0.05) is 19.6 Å². The summed E-state index contributed by atoms with van der Waals surface area (Å²) in [6.07, 6.45) is 7.47. The molecule has 43 heavy (non-hydrogen) atoms. The Balaban J connectivity index is 1.49. The molecule has 2 aromatic rings. The van der Waals surface area contributed by atoms with Crippen LogP contribution < -0.4 is 4.90 Å². The Morgan fingerprint density at radius 2 is 1.67 bits per heavy atom. The van der Waals surface area contributed by atoms with Crippen molar-refractivity contribution in [2.45, 2.75) is 57.5 Å². The number of hydrogen-bond acceptors (Lipinski definition) is 5. The zero-order valence-electron chi connectivity index (χ0n) is 24.9. The number of ether oxygens (including phenoxy) is 1. The van der Waals surface area contributed by atoms with Crippen LogP contribution in [0.2, 0.25) is 5.02 Å². The summed E-state index contributed by atoms with van der Waals surface area (Å²) < 4.78 is 6.94. The van der Waals surface area contributed by atoms with Gasteiger partial charge in [-0.3, -0.25) is 14.4 Å². The maximum absolute atomic E-state index is 14.8. The predicted molar refractivity (Wildman–Crippen MR) is 164 cm³/mol. The van der Waals surface area contributed by atoms with Crippen LogP contribution in [0.1, 0.15) is 31.9 Å². The predicted octanol–water partition coefficient (Wildman–Crippen LogP) is 4.14. The van der Waals surface area contributed by atoms with Crippen LogP contribution in [-0.4, -0.2) is 75.6 Å². The molecule has 6 atom stereocenters. The first-order chi connectivity index (χ1) is 20.5. The molecule has 8 nitrogen and oxygen atoms in total. The molecule has 2 aromatic carbocycles. The normalized spacial score (nSPS) is 30.8. The number of likely N-dealkylation sites (tertiary alicyclic amines) is 1. The van der Waals surface area contributed by atoms with Crippen molar-refractivity contribution in [3.63, 3.8) is 0 Å². The zero-order chi connectivity index (χ0) is 30.7. The van der Waals surface area contributed by atoms with Crippen molar-refractivity contribution in [3.8, 4) is 0 Å². The minimum Gasteiger partial charge on any atom is -0.394 e. The smallest absolute Gasteiger partial charge is 0.253 e. The second-order valence-electron chi connectivity index (χ2n) is 12.6. The summed E-state index contributed by atoms with van der Waals surface area (Å²) in [5.41, 5.74) is -0.177. The van der Waals surface area contributed by atoms with E-state index in [4.69, 9.17) is 16.3 Å². The van der Waals surface area contributed by atoms with Crippen LogP contribution in [0.3, 0.4) is 0 Å². The maximum Gasteiger partial charge on any atom is 0.253 e. The zero-order valence-corrected chi connectivity index (χ0v) is 25.7. The number of aliphatic hydroxyl groups is 1. The number of carbonyl (C=O) groups excluding carboxylic acids is 3. The number of halogens is 1. The van der Waals surface area contributed by atoms with Crippen LogP contribution in [0.25, 0.3) is 0 Å². The Kier molecular flexibility index (Phi) is 7.51. The van der Waals surface area contributed by atoms with Gasteiger partial charge in [0.15, 0.2) is 0 Å². The van der Waals surface area contributed by atoms with Crippen molar-refractivity contribution in [2.75, 3.05) is 24.6 Å². The summed E-state index contributed by atoms with van der Waals surface area (Å²) in [5.74, 6) is -2.89. The van der Waals surface area contributed by atoms with Gasteiger partial charge in [-0.05, 0) is 37.0 Å². The second kappa shape index (κ2) is 10.9. The second-order valence-corrected chi connectivity index (χ2v) is 13.0. The molecule has 0 aromatic heterocycles. The summed E-state index contributed by atoms with van der Waals surface area (Å²) in [7, 11) is 0. The van der Waals surface area contributed by atoms with Crippen LogP contribution in [0.4, 0.5) is 5.69 Å². The molecule has 6 rings (SSSR count). The van der Waals surface area contributed by atoms with Gasteiger partial charge in [0.25, 0.3) is 5.91 Å². The fraction of sp³-hybridized carbons (Fsp3) is 0.441. The van der Waals surface area contributed by atoms with Crippen molar-refractivity contribution in [2.24, 2.45) is 17.8 Å². The van der Waals surface area contributed by atoms with Gasteiger partial charge in [0.1, 0.15) is 11.6 Å². The largest absolute Gasteiger partial charge is 0.394 e. The topological polar surface area (TPSA) is 90.4 Å². The summed E-state index contributed by atoms with van der Waals surface area (Å²) in [4.78, 5) is 48.8. The van der Waals surface area contributed by atoms with E-state index in [9.17, 15) is 19.5 Å². The van der Waals surface area contributed by atoms with E-state index >= 15 is 0 Å². The lowest BCUT2D eigenvalue weighted by Gasteiger charge is -2.41. The van der Waals surface area contributed by atoms with E-state index in [1.54, 1.807) is 15.9 Å². The number of rotatable bonds is 6. The van der Waals surface area contributed by atoms with Crippen LogP contribution in [0.15, 0.2) is 72.8 Å². The first-order valence-corrected chi connectivity index (χ1v) is 15.3. The fourth-order valence-electron chi connectivity index (χ4n) is 7.60. The Bertz CT molecular complexity index is 1490. The van der Waals surface area contributed by atoms with Gasteiger partial charge in [-0.15, -0.1) is 0 Å². The molecule has 0 bridgehead atoms. The highest BCUT2D eigenvalue weighted by Gasteiger charge is 2.75.